The van der Waals surface area contributed by atoms with Crippen molar-refractivity contribution in [1.82, 2.24) is 9.55 Å². The monoisotopic (exact) mass is 449 g/mol. The number of carbonyl (C=O) groups is 1. The van der Waals surface area contributed by atoms with Gasteiger partial charge in [0, 0.05) is 10.9 Å². The van der Waals surface area contributed by atoms with Crippen molar-refractivity contribution in [3.05, 3.63) is 70.6 Å². The number of para-hydroxylation sites is 2. The van der Waals surface area contributed by atoms with E-state index in [9.17, 15) is 9.59 Å². The fourth-order valence-electron chi connectivity index (χ4n) is 3.34. The van der Waals surface area contributed by atoms with Crippen molar-refractivity contribution in [3.8, 4) is 22.6 Å². The first-order chi connectivity index (χ1) is 15.6. The number of hydrogen-bond donors (Lipinski definition) is 1. The Morgan fingerprint density at radius 2 is 1.94 bits per heavy atom. The number of benzene rings is 2. The number of methoxy groups -OCH3 is 1. The third-order valence-corrected chi connectivity index (χ3v) is 5.78. The molecule has 0 aliphatic heterocycles. The molecule has 0 atom stereocenters. The maximum absolute atomic E-state index is 13.2. The summed E-state index contributed by atoms with van der Waals surface area (Å²) < 4.78 is 12.2. The molecule has 0 saturated carbocycles. The molecule has 0 unspecified atom stereocenters. The average molecular weight is 450 g/mol. The van der Waals surface area contributed by atoms with Crippen LogP contribution in [0.2, 0.25) is 0 Å². The summed E-state index contributed by atoms with van der Waals surface area (Å²) in [5.74, 6) is 0.999. The van der Waals surface area contributed by atoms with Gasteiger partial charge in [0.05, 0.1) is 31.1 Å². The Labute approximate surface area is 189 Å². The molecule has 8 heteroatoms. The first-order valence-corrected chi connectivity index (χ1v) is 11.1. The Kier molecular flexibility index (Phi) is 6.51. The highest BCUT2D eigenvalue weighted by atomic mass is 32.1. The third kappa shape index (κ3) is 4.50. The van der Waals surface area contributed by atoms with Gasteiger partial charge in [-0.05, 0) is 36.2 Å². The largest absolute Gasteiger partial charge is 0.495 e. The molecule has 1 amide bonds. The molecular weight excluding hydrogens is 426 g/mol. The van der Waals surface area contributed by atoms with E-state index in [0.717, 1.165) is 23.3 Å². The lowest BCUT2D eigenvalue weighted by molar-refractivity contribution is -0.116. The Hall–Kier alpha value is -3.65. The van der Waals surface area contributed by atoms with Crippen LogP contribution in [0, 0.1) is 0 Å². The molecule has 0 fully saturated rings. The predicted molar refractivity (Wildman–Crippen MR) is 127 cm³/mol. The highest BCUT2D eigenvalue weighted by Crippen LogP contribution is 2.31. The minimum atomic E-state index is -0.341. The Balaban J connectivity index is 1.60. The number of nitrogens with one attached hydrogen (secondary N) is 1. The Morgan fingerprint density at radius 3 is 2.69 bits per heavy atom. The molecule has 7 nitrogen and oxygen atoms in total. The maximum atomic E-state index is 13.2. The number of hydrogen-bond acceptors (Lipinski definition) is 6. The summed E-state index contributed by atoms with van der Waals surface area (Å²) >= 11 is 1.40. The summed E-state index contributed by atoms with van der Waals surface area (Å²) in [6.07, 6.45) is 2.35. The van der Waals surface area contributed by atoms with Crippen LogP contribution in [-0.2, 0) is 11.3 Å². The van der Waals surface area contributed by atoms with E-state index in [-0.39, 0.29) is 18.0 Å². The van der Waals surface area contributed by atoms with Crippen molar-refractivity contribution in [2.24, 2.45) is 0 Å². The minimum absolute atomic E-state index is 0.154. The first kappa shape index (κ1) is 21.6. The van der Waals surface area contributed by atoms with Crippen LogP contribution in [0.3, 0.4) is 0 Å². The topological polar surface area (TPSA) is 82.5 Å². The van der Waals surface area contributed by atoms with Crippen LogP contribution in [0.15, 0.2) is 65.0 Å². The molecule has 0 spiro atoms. The van der Waals surface area contributed by atoms with Gasteiger partial charge in [-0.3, -0.25) is 14.2 Å². The quantitative estimate of drug-likeness (QED) is 0.426. The van der Waals surface area contributed by atoms with Crippen molar-refractivity contribution in [2.45, 2.75) is 19.9 Å². The van der Waals surface area contributed by atoms with Gasteiger partial charge in [-0.15, -0.1) is 11.3 Å². The molecule has 0 saturated heterocycles. The van der Waals surface area contributed by atoms with Crippen molar-refractivity contribution < 1.29 is 14.3 Å². The van der Waals surface area contributed by atoms with E-state index in [1.807, 2.05) is 35.7 Å². The lowest BCUT2D eigenvalue weighted by atomic mass is 10.1. The van der Waals surface area contributed by atoms with E-state index in [2.05, 4.69) is 17.2 Å². The fourth-order valence-corrected chi connectivity index (χ4v) is 4.24. The van der Waals surface area contributed by atoms with Crippen molar-refractivity contribution in [1.29, 1.82) is 0 Å². The van der Waals surface area contributed by atoms with Crippen LogP contribution in [-0.4, -0.2) is 29.2 Å². The van der Waals surface area contributed by atoms with E-state index in [4.69, 9.17) is 9.47 Å². The van der Waals surface area contributed by atoms with E-state index in [1.165, 1.54) is 29.3 Å². The molecule has 2 aromatic heterocycles. The van der Waals surface area contributed by atoms with Gasteiger partial charge in [-0.2, -0.15) is 0 Å². The lowest BCUT2D eigenvalue weighted by Crippen LogP contribution is -2.27. The summed E-state index contributed by atoms with van der Waals surface area (Å²) in [6, 6.07) is 14.8. The van der Waals surface area contributed by atoms with Crippen LogP contribution < -0.4 is 20.3 Å². The molecule has 164 valence electrons. The lowest BCUT2D eigenvalue weighted by Gasteiger charge is -2.11. The van der Waals surface area contributed by atoms with E-state index in [1.54, 1.807) is 18.2 Å². The van der Waals surface area contributed by atoms with Gasteiger partial charge < -0.3 is 14.8 Å². The highest BCUT2D eigenvalue weighted by molar-refractivity contribution is 7.17. The van der Waals surface area contributed by atoms with E-state index >= 15 is 0 Å². The molecule has 2 aromatic carbocycles. The molecule has 32 heavy (non-hydrogen) atoms. The SMILES string of the molecule is CCCOc1ccc(-c2csc3ncn(CC(=O)Nc4ccccc4OC)c(=O)c23)cc1. The molecule has 2 heterocycles. The maximum Gasteiger partial charge on any atom is 0.263 e. The number of fused-ring (bicyclic) bond motifs is 1. The molecular formula is C24H23N3O4S. The van der Waals surface area contributed by atoms with Gasteiger partial charge in [0.2, 0.25) is 5.91 Å². The van der Waals surface area contributed by atoms with Gasteiger partial charge in [0.1, 0.15) is 22.9 Å². The second kappa shape index (κ2) is 9.65. The molecule has 0 bridgehead atoms. The number of anilines is 1. The van der Waals surface area contributed by atoms with E-state index < -0.39 is 0 Å². The van der Waals surface area contributed by atoms with Crippen LogP contribution >= 0.6 is 11.3 Å². The molecule has 0 radical (unpaired) electrons. The number of thiophene rings is 1. The van der Waals surface area contributed by atoms with Gasteiger partial charge in [-0.25, -0.2) is 4.98 Å². The number of aromatic nitrogens is 2. The predicted octanol–water partition coefficient (Wildman–Crippen LogP) is 4.56. The second-order valence-corrected chi connectivity index (χ2v) is 7.99. The fraction of sp³-hybridized carbons (Fsp3) is 0.208. The molecule has 4 aromatic rings. The smallest absolute Gasteiger partial charge is 0.263 e. The molecule has 1 N–H and O–H groups in total. The van der Waals surface area contributed by atoms with Crippen molar-refractivity contribution in [2.75, 3.05) is 19.0 Å². The summed E-state index contributed by atoms with van der Waals surface area (Å²) in [7, 11) is 1.54. The zero-order valence-corrected chi connectivity index (χ0v) is 18.6. The number of carbonyl (C=O) groups excluding carboxylic acids is 1. The van der Waals surface area contributed by atoms with Gasteiger partial charge in [0.25, 0.3) is 5.56 Å². The summed E-state index contributed by atoms with van der Waals surface area (Å²) in [5.41, 5.74) is 1.98. The van der Waals surface area contributed by atoms with Crippen LogP contribution in [0.25, 0.3) is 21.3 Å². The van der Waals surface area contributed by atoms with Crippen LogP contribution in [0.4, 0.5) is 5.69 Å². The number of amides is 1. The first-order valence-electron chi connectivity index (χ1n) is 10.2. The average Bonchev–Trinajstić information content (AvgIpc) is 3.25. The van der Waals surface area contributed by atoms with Gasteiger partial charge in [0.15, 0.2) is 0 Å². The summed E-state index contributed by atoms with van der Waals surface area (Å²) in [6.45, 7) is 2.56. The molecule has 4 rings (SSSR count). The summed E-state index contributed by atoms with van der Waals surface area (Å²) in [4.78, 5) is 30.8. The normalized spacial score (nSPS) is 10.8. The van der Waals surface area contributed by atoms with Gasteiger partial charge >= 0.3 is 0 Å². The van der Waals surface area contributed by atoms with Crippen molar-refractivity contribution in [3.63, 3.8) is 0 Å². The Morgan fingerprint density at radius 1 is 1.16 bits per heavy atom. The number of ether oxygens (including phenoxy) is 2. The molecule has 0 aliphatic carbocycles. The van der Waals surface area contributed by atoms with Crippen LogP contribution in [0.5, 0.6) is 11.5 Å². The number of rotatable bonds is 8. The van der Waals surface area contributed by atoms with Crippen molar-refractivity contribution >= 4 is 33.1 Å². The molecule has 0 aliphatic rings. The van der Waals surface area contributed by atoms with E-state index in [0.29, 0.717) is 28.3 Å². The van der Waals surface area contributed by atoms with Crippen LogP contribution in [0.1, 0.15) is 13.3 Å². The third-order valence-electron chi connectivity index (χ3n) is 4.89. The number of nitrogens with zero attached hydrogens (tertiary/aromatic N) is 2. The second-order valence-electron chi connectivity index (χ2n) is 7.13. The zero-order chi connectivity index (χ0) is 22.5. The standard InChI is InChI=1S/C24H23N3O4S/c1-3-12-31-17-10-8-16(9-11-17)18-14-32-23-22(18)24(29)27(15-25-23)13-21(28)26-19-6-4-5-7-20(19)30-2/h4-11,14-15H,3,12-13H2,1-2H3,(H,26,28). The highest BCUT2D eigenvalue weighted by Gasteiger charge is 2.15. The minimum Gasteiger partial charge on any atom is -0.495 e. The Bertz CT molecular complexity index is 1290. The summed E-state index contributed by atoms with van der Waals surface area (Å²) in [5, 5.41) is 5.21. The van der Waals surface area contributed by atoms with Gasteiger partial charge in [-0.1, -0.05) is 31.2 Å². The zero-order valence-electron chi connectivity index (χ0n) is 17.8.